The van der Waals surface area contributed by atoms with E-state index in [9.17, 15) is 24.9 Å². The van der Waals surface area contributed by atoms with E-state index < -0.39 is 67.0 Å². The fourth-order valence-corrected chi connectivity index (χ4v) is 6.64. The van der Waals surface area contributed by atoms with Gasteiger partial charge in [-0.1, -0.05) is 133 Å². The number of hydrogen-bond donors (Lipinski definition) is 3. The molecule has 1 heterocycles. The van der Waals surface area contributed by atoms with Crippen LogP contribution in [0.2, 0.25) is 0 Å². The van der Waals surface area contributed by atoms with Crippen LogP contribution < -0.4 is 0 Å². The minimum atomic E-state index is -3.18. The third-order valence-electron chi connectivity index (χ3n) is 9.05. The first kappa shape index (κ1) is 35.5. The molecule has 0 bridgehead atoms. The average molecular weight is 717 g/mol. The van der Waals surface area contributed by atoms with Crippen LogP contribution in [-0.4, -0.2) is 76.9 Å². The monoisotopic (exact) mass is 716 g/mol. The molecule has 3 N–H and O–H groups in total. The fraction of sp³-hybridized carbons (Fsp3) is 0.220. The minimum absolute atomic E-state index is 0.0276. The predicted octanol–water partition coefficient (Wildman–Crippen LogP) is 5.57. The molecule has 5 aromatic rings. The largest absolute Gasteiger partial charge is 0.453 e. The van der Waals surface area contributed by atoms with Gasteiger partial charge in [0.25, 0.3) is 0 Å². The van der Waals surface area contributed by atoms with Crippen LogP contribution in [0, 0.1) is 0 Å². The van der Waals surface area contributed by atoms with Crippen molar-refractivity contribution in [3.63, 3.8) is 0 Å². The van der Waals surface area contributed by atoms with Crippen LogP contribution in [-0.2, 0) is 24.4 Å². The maximum Gasteiger partial charge on any atom is 0.338 e. The summed E-state index contributed by atoms with van der Waals surface area (Å²) in [6.45, 7) is -2.45. The third-order valence-corrected chi connectivity index (χ3v) is 9.05. The summed E-state index contributed by atoms with van der Waals surface area (Å²) in [4.78, 5) is 29.8. The maximum atomic E-state index is 13.7. The van der Waals surface area contributed by atoms with Crippen LogP contribution in [0.15, 0.2) is 157 Å². The van der Waals surface area contributed by atoms with E-state index in [2.05, 4.69) is 10.0 Å². The lowest BCUT2D eigenvalue weighted by molar-refractivity contribution is -0.451. The van der Waals surface area contributed by atoms with Gasteiger partial charge in [-0.05, 0) is 46.5 Å². The van der Waals surface area contributed by atoms with E-state index in [0.717, 1.165) is 0 Å². The number of carbonyl (C=O) groups is 2. The van der Waals surface area contributed by atoms with E-state index in [1.807, 2.05) is 0 Å². The molecule has 0 aromatic heterocycles. The number of hydrogen-bond acceptors (Lipinski definition) is 10. The molecule has 1 fully saturated rings. The zero-order chi connectivity index (χ0) is 38.1. The molecule has 1 aliphatic heterocycles. The Balaban J connectivity index is 1.55. The number of aliphatic hydroxyl groups excluding tert-OH is 2. The summed E-state index contributed by atoms with van der Waals surface area (Å²) in [5.74, 6) is -5.13. The van der Waals surface area contributed by atoms with Crippen molar-refractivity contribution in [3.8, 4) is 0 Å². The fourth-order valence-electron chi connectivity index (χ4n) is 6.64. The van der Waals surface area contributed by atoms with Crippen molar-refractivity contribution in [1.29, 1.82) is 0 Å². The third kappa shape index (κ3) is 7.69. The van der Waals surface area contributed by atoms with Crippen molar-refractivity contribution in [2.24, 2.45) is 5.11 Å². The SMILES string of the molecule is [2H]C(CN=[N+]=[N-])OC1(O)O[C@H](C(O)C(c2ccccc2)(c2ccccc2)c2ccccc2)[C@@H](OC(=O)c2ccccc2)[C@H](O)[C@@H]1OC(=O)c1ccccc1. The summed E-state index contributed by atoms with van der Waals surface area (Å²) < 4.78 is 31.9. The normalized spacial score (nSPS) is 22.7. The second kappa shape index (κ2) is 16.7. The molecule has 1 saturated heterocycles. The van der Waals surface area contributed by atoms with E-state index in [1.165, 1.54) is 24.3 Å². The Hall–Kier alpha value is -5.85. The second-order valence-electron chi connectivity index (χ2n) is 12.2. The lowest BCUT2D eigenvalue weighted by Crippen LogP contribution is -2.71. The van der Waals surface area contributed by atoms with Crippen molar-refractivity contribution in [1.82, 2.24) is 0 Å². The predicted molar refractivity (Wildman–Crippen MR) is 192 cm³/mol. The Bertz CT molecular complexity index is 1950. The molecule has 12 nitrogen and oxygen atoms in total. The van der Waals surface area contributed by atoms with Gasteiger partial charge in [-0.3, -0.25) is 0 Å². The van der Waals surface area contributed by atoms with Crippen LogP contribution in [0.3, 0.4) is 0 Å². The van der Waals surface area contributed by atoms with Gasteiger partial charge in [0.2, 0.25) is 6.10 Å². The molecule has 12 heteroatoms. The summed E-state index contributed by atoms with van der Waals surface area (Å²) >= 11 is 0. The molecule has 0 saturated carbocycles. The van der Waals surface area contributed by atoms with Gasteiger partial charge in [0.05, 0.1) is 24.5 Å². The standard InChI is InChI=1S/C41H37N3O9/c42-44-43-26-27-50-41(49)37(52-39(48)29-18-8-2-9-19-29)33(45)34(51-38(47)28-16-6-1-7-17-28)35(53-41)36(46)40(30-20-10-3-11-21-30,31-22-12-4-13-23-31)32-24-14-5-15-25-32/h1-25,33-37,45-46,49H,26-27H2/t33-,34-,35-,36?,37-,41?/m0/s1/i27D/t27?,33-,34-,35-,36?,37-,41?. The molecule has 0 aliphatic carbocycles. The van der Waals surface area contributed by atoms with Crippen LogP contribution in [0.1, 0.15) is 38.8 Å². The number of esters is 2. The van der Waals surface area contributed by atoms with Gasteiger partial charge in [-0.2, -0.15) is 0 Å². The molecule has 1 aliphatic rings. The molecular weight excluding hydrogens is 678 g/mol. The smallest absolute Gasteiger partial charge is 0.338 e. The first-order valence-corrected chi connectivity index (χ1v) is 16.7. The zero-order valence-corrected chi connectivity index (χ0v) is 28.2. The first-order chi connectivity index (χ1) is 26.2. The quantitative estimate of drug-likeness (QED) is 0.0351. The summed E-state index contributed by atoms with van der Waals surface area (Å²) in [5, 5.41) is 40.8. The summed E-state index contributed by atoms with van der Waals surface area (Å²) in [6.07, 6.45) is -9.86. The Morgan fingerprint density at radius 1 is 0.774 bits per heavy atom. The molecule has 5 aromatic carbocycles. The number of rotatable bonds is 13. The molecule has 3 unspecified atom stereocenters. The lowest BCUT2D eigenvalue weighted by atomic mass is 9.63. The highest BCUT2D eigenvalue weighted by molar-refractivity contribution is 5.90. The summed E-state index contributed by atoms with van der Waals surface area (Å²) in [6, 6.07) is 42.4. The van der Waals surface area contributed by atoms with E-state index >= 15 is 0 Å². The average Bonchev–Trinajstić information content (AvgIpc) is 3.21. The number of aliphatic hydroxyl groups is 3. The van der Waals surface area contributed by atoms with Crippen LogP contribution in [0.5, 0.6) is 0 Å². The van der Waals surface area contributed by atoms with Gasteiger partial charge in [0.1, 0.15) is 18.3 Å². The zero-order valence-electron chi connectivity index (χ0n) is 29.2. The van der Waals surface area contributed by atoms with Crippen molar-refractivity contribution < 1.29 is 45.2 Å². The molecule has 0 radical (unpaired) electrons. The molecule has 270 valence electrons. The molecule has 0 spiro atoms. The van der Waals surface area contributed by atoms with Crippen LogP contribution >= 0.6 is 0 Å². The van der Waals surface area contributed by atoms with Crippen LogP contribution in [0.4, 0.5) is 0 Å². The van der Waals surface area contributed by atoms with Crippen molar-refractivity contribution in [2.75, 3.05) is 13.1 Å². The number of carbonyl (C=O) groups excluding carboxylic acids is 2. The maximum absolute atomic E-state index is 13.7. The first-order valence-electron chi connectivity index (χ1n) is 17.3. The highest BCUT2D eigenvalue weighted by Crippen LogP contribution is 2.47. The highest BCUT2D eigenvalue weighted by atomic mass is 16.8. The molecular formula is C41H37N3O9. The van der Waals surface area contributed by atoms with Crippen molar-refractivity contribution >= 4 is 11.9 Å². The van der Waals surface area contributed by atoms with Crippen LogP contribution in [0.25, 0.3) is 10.4 Å². The van der Waals surface area contributed by atoms with Crippen molar-refractivity contribution in [2.45, 2.75) is 41.9 Å². The number of benzene rings is 5. The second-order valence-corrected chi connectivity index (χ2v) is 12.2. The Morgan fingerprint density at radius 3 is 1.62 bits per heavy atom. The number of nitrogens with zero attached hydrogens (tertiary/aromatic N) is 3. The van der Waals surface area contributed by atoms with E-state index in [1.54, 1.807) is 127 Å². The lowest BCUT2D eigenvalue weighted by Gasteiger charge is -2.51. The summed E-state index contributed by atoms with van der Waals surface area (Å²) in [5.41, 5.74) is 9.15. The van der Waals surface area contributed by atoms with Gasteiger partial charge in [-0.15, -0.1) is 0 Å². The topological polar surface area (TPSA) is 181 Å². The molecule has 6 rings (SSSR count). The highest BCUT2D eigenvalue weighted by Gasteiger charge is 2.63. The molecule has 53 heavy (non-hydrogen) atoms. The van der Waals surface area contributed by atoms with E-state index in [0.29, 0.717) is 16.7 Å². The van der Waals surface area contributed by atoms with Gasteiger partial charge < -0.3 is 34.3 Å². The van der Waals surface area contributed by atoms with Gasteiger partial charge >= 0.3 is 17.9 Å². The Morgan fingerprint density at radius 2 is 1.19 bits per heavy atom. The Labute approximate surface area is 306 Å². The molecule has 0 amide bonds. The summed E-state index contributed by atoms with van der Waals surface area (Å²) in [7, 11) is 0. The van der Waals surface area contributed by atoms with Crippen molar-refractivity contribution in [3.05, 3.63) is 190 Å². The van der Waals surface area contributed by atoms with E-state index in [-0.39, 0.29) is 11.1 Å². The van der Waals surface area contributed by atoms with Gasteiger partial charge in [0, 0.05) is 11.5 Å². The molecule has 7 atom stereocenters. The van der Waals surface area contributed by atoms with E-state index in [4.69, 9.17) is 25.8 Å². The number of azide groups is 1. The minimum Gasteiger partial charge on any atom is -0.453 e. The number of ether oxygens (including phenoxy) is 4. The van der Waals surface area contributed by atoms with Gasteiger partial charge in [0.15, 0.2) is 6.10 Å². The van der Waals surface area contributed by atoms with Gasteiger partial charge in [-0.25, -0.2) is 9.59 Å². The Kier molecular flexibility index (Phi) is 11.2.